The summed E-state index contributed by atoms with van der Waals surface area (Å²) in [6.45, 7) is 0.256. The van der Waals surface area contributed by atoms with Gasteiger partial charge in [-0.3, -0.25) is 0 Å². The van der Waals surface area contributed by atoms with Gasteiger partial charge in [0.05, 0.1) is 0 Å². The van der Waals surface area contributed by atoms with Gasteiger partial charge in [-0.15, -0.1) is 0 Å². The molecule has 0 saturated carbocycles. The number of amides is 1. The first kappa shape index (κ1) is 18.4. The zero-order chi connectivity index (χ0) is 18.7. The van der Waals surface area contributed by atoms with Crippen molar-refractivity contribution in [2.45, 2.75) is 6.54 Å². The van der Waals surface area contributed by atoms with Gasteiger partial charge in [0.15, 0.2) is 0 Å². The van der Waals surface area contributed by atoms with Crippen molar-refractivity contribution in [1.29, 1.82) is 0 Å². The number of esters is 1. The van der Waals surface area contributed by atoms with Crippen molar-refractivity contribution in [3.8, 4) is 5.75 Å². The van der Waals surface area contributed by atoms with Crippen molar-refractivity contribution < 1.29 is 23.5 Å². The maximum atomic E-state index is 13.5. The fourth-order valence-electron chi connectivity index (χ4n) is 2.66. The van der Waals surface area contributed by atoms with Crippen molar-refractivity contribution in [3.05, 3.63) is 58.4 Å². The van der Waals surface area contributed by atoms with Crippen LogP contribution in [0.5, 0.6) is 5.75 Å². The molecule has 0 atom stereocenters. The van der Waals surface area contributed by atoms with E-state index in [0.29, 0.717) is 11.3 Å². The molecule has 6 nitrogen and oxygen atoms in total. The number of carbonyl (C=O) groups is 2. The molecule has 1 heterocycles. The Balaban J connectivity index is 1.81. The van der Waals surface area contributed by atoms with Crippen molar-refractivity contribution >= 4 is 43.1 Å². The Morgan fingerprint density at radius 2 is 2.00 bits per heavy atom. The second-order valence-electron chi connectivity index (χ2n) is 5.45. The average Bonchev–Trinajstić information content (AvgIpc) is 3.15. The van der Waals surface area contributed by atoms with E-state index in [2.05, 4.69) is 8.53 Å². The van der Waals surface area contributed by atoms with Crippen molar-refractivity contribution in [2.24, 2.45) is 3.21 Å². The standard InChI is InChI=1S/C18H15FN2O4.Sn/c1-24-16-6-4-13(19)8-15(16)17(22)21-10-11-3-5-14(18(23)25-2)12(7-11)9-20;/h3-6,8-9H,10H2,1-2H3,(H,21,22);/q-1;+1. The number of halogens is 1. The maximum absolute atomic E-state index is 13.5. The van der Waals surface area contributed by atoms with E-state index < -0.39 is 39.1 Å². The molecule has 0 bridgehead atoms. The summed E-state index contributed by atoms with van der Waals surface area (Å²) in [5.41, 5.74) is 2.29. The number of ether oxygens (including phenoxy) is 2. The van der Waals surface area contributed by atoms with Crippen LogP contribution >= 0.6 is 0 Å². The SMILES string of the molecule is COC(=O)c1ccc(CNC(=O)c2cc(F)ccc2OC)[c]2c1C=[N][Sn]2. The van der Waals surface area contributed by atoms with Gasteiger partial charge in [-0.05, 0) is 0 Å². The summed E-state index contributed by atoms with van der Waals surface area (Å²) >= 11 is -1.20. The molecule has 0 aliphatic carbocycles. The Morgan fingerprint density at radius 1 is 1.19 bits per heavy atom. The molecule has 2 aromatic rings. The Kier molecular flexibility index (Phi) is 5.55. The van der Waals surface area contributed by atoms with Gasteiger partial charge < -0.3 is 0 Å². The molecule has 2 aromatic carbocycles. The van der Waals surface area contributed by atoms with E-state index in [1.165, 1.54) is 26.4 Å². The van der Waals surface area contributed by atoms with Crippen molar-refractivity contribution in [2.75, 3.05) is 14.2 Å². The normalized spacial score (nSPS) is 11.8. The quantitative estimate of drug-likeness (QED) is 0.537. The molecule has 1 aliphatic heterocycles. The Morgan fingerprint density at radius 3 is 2.73 bits per heavy atom. The molecule has 0 saturated heterocycles. The molecule has 3 rings (SSSR count). The van der Waals surface area contributed by atoms with E-state index in [4.69, 9.17) is 9.47 Å². The summed E-state index contributed by atoms with van der Waals surface area (Å²) in [6.07, 6.45) is 1.70. The molecule has 0 fully saturated rings. The van der Waals surface area contributed by atoms with E-state index in [0.717, 1.165) is 20.8 Å². The van der Waals surface area contributed by atoms with Gasteiger partial charge in [0.25, 0.3) is 0 Å². The Hall–Kier alpha value is -2.42. The zero-order valence-corrected chi connectivity index (χ0v) is 17.0. The van der Waals surface area contributed by atoms with E-state index in [1.807, 2.05) is 0 Å². The topological polar surface area (TPSA) is 77.0 Å². The van der Waals surface area contributed by atoms with Crippen LogP contribution in [-0.2, 0) is 11.3 Å². The summed E-state index contributed by atoms with van der Waals surface area (Å²) in [5.74, 6) is -1.05. The van der Waals surface area contributed by atoms with Crippen LogP contribution in [0.15, 0.2) is 33.5 Å². The van der Waals surface area contributed by atoms with Crippen LogP contribution < -0.4 is 13.6 Å². The molecule has 1 aliphatic rings. The van der Waals surface area contributed by atoms with Crippen LogP contribution in [0.2, 0.25) is 0 Å². The predicted molar refractivity (Wildman–Crippen MR) is 94.9 cm³/mol. The van der Waals surface area contributed by atoms with Gasteiger partial charge in [0.1, 0.15) is 0 Å². The van der Waals surface area contributed by atoms with Crippen LogP contribution in [0.4, 0.5) is 4.39 Å². The van der Waals surface area contributed by atoms with E-state index in [-0.39, 0.29) is 12.1 Å². The molecule has 0 spiro atoms. The fourth-order valence-corrected chi connectivity index (χ4v) is 5.39. The van der Waals surface area contributed by atoms with Gasteiger partial charge >= 0.3 is 160 Å². The predicted octanol–water partition coefficient (Wildman–Crippen LogP) is 1.23. The molecule has 1 N–H and O–H groups in total. The molecule has 0 unspecified atom stereocenters. The minimum absolute atomic E-state index is 0.131. The first-order valence-electron chi connectivity index (χ1n) is 7.70. The van der Waals surface area contributed by atoms with Crippen LogP contribution in [-0.4, -0.2) is 53.7 Å². The Labute approximate surface area is 160 Å². The summed E-state index contributed by atoms with van der Waals surface area (Å²) in [6, 6.07) is 7.25. The number of nitrogens with zero attached hydrogens (tertiary/aromatic N) is 1. The van der Waals surface area contributed by atoms with Gasteiger partial charge in [0, 0.05) is 0 Å². The minimum atomic E-state index is -1.20. The van der Waals surface area contributed by atoms with E-state index in [1.54, 1.807) is 18.3 Å². The van der Waals surface area contributed by atoms with E-state index >= 15 is 0 Å². The number of hydrogen-bond donors (Lipinski definition) is 1. The van der Waals surface area contributed by atoms with Gasteiger partial charge in [-0.25, -0.2) is 0 Å². The number of rotatable bonds is 5. The average molecular weight is 461 g/mol. The first-order chi connectivity index (χ1) is 12.5. The van der Waals surface area contributed by atoms with Gasteiger partial charge in [-0.2, -0.15) is 0 Å². The molecule has 8 heteroatoms. The summed E-state index contributed by atoms with van der Waals surface area (Å²) in [5, 5.41) is 2.78. The second kappa shape index (κ2) is 7.86. The van der Waals surface area contributed by atoms with Gasteiger partial charge in [-0.1, -0.05) is 0 Å². The number of methoxy groups -OCH3 is 2. The number of hydrogen-bond acceptors (Lipinski definition) is 5. The third kappa shape index (κ3) is 3.57. The zero-order valence-electron chi connectivity index (χ0n) is 14.1. The molecule has 132 valence electrons. The van der Waals surface area contributed by atoms with Gasteiger partial charge in [0.2, 0.25) is 0 Å². The third-order valence-electron chi connectivity index (χ3n) is 3.95. The van der Waals surface area contributed by atoms with Crippen molar-refractivity contribution in [1.82, 2.24) is 5.32 Å². The summed E-state index contributed by atoms with van der Waals surface area (Å²) in [7, 11) is 2.76. The first-order valence-corrected chi connectivity index (χ1v) is 10.4. The molecule has 0 aromatic heterocycles. The summed E-state index contributed by atoms with van der Waals surface area (Å²) < 4.78 is 28.8. The van der Waals surface area contributed by atoms with E-state index in [9.17, 15) is 14.0 Å². The molecular weight excluding hydrogens is 446 g/mol. The van der Waals surface area contributed by atoms with Crippen molar-refractivity contribution in [3.63, 3.8) is 0 Å². The fraction of sp³-hybridized carbons (Fsp3) is 0.167. The molecule has 26 heavy (non-hydrogen) atoms. The van der Waals surface area contributed by atoms with Crippen LogP contribution in [0.25, 0.3) is 0 Å². The summed E-state index contributed by atoms with van der Waals surface area (Å²) in [4.78, 5) is 24.3. The van der Waals surface area contributed by atoms with Crippen LogP contribution in [0, 0.1) is 5.82 Å². The second-order valence-corrected chi connectivity index (χ2v) is 8.25. The molecule has 2 radical (unpaired) electrons. The number of fused-ring (bicyclic) bond motifs is 1. The number of benzene rings is 2. The molecule has 1 amide bonds. The number of carbonyl (C=O) groups excluding carboxylic acids is 2. The third-order valence-corrected chi connectivity index (χ3v) is 7.01. The Bertz CT molecular complexity index is 914. The molecular formula is C18H15FN2O4Sn. The van der Waals surface area contributed by atoms with Crippen LogP contribution in [0.3, 0.4) is 0 Å². The number of nitrogens with one attached hydrogen (secondary N) is 1. The monoisotopic (exact) mass is 462 g/mol. The van der Waals surface area contributed by atoms with Crippen LogP contribution in [0.1, 0.15) is 31.8 Å².